The zero-order chi connectivity index (χ0) is 13.7. The van der Waals surface area contributed by atoms with Crippen LogP contribution in [-0.4, -0.2) is 21.3 Å². The fourth-order valence-corrected chi connectivity index (χ4v) is 1.60. The van der Waals surface area contributed by atoms with Gasteiger partial charge in [-0.15, -0.1) is 0 Å². The molecule has 19 heavy (non-hydrogen) atoms. The monoisotopic (exact) mass is 256 g/mol. The van der Waals surface area contributed by atoms with Crippen LogP contribution in [0.5, 0.6) is 0 Å². The minimum Gasteiger partial charge on any atom is -0.384 e. The Labute approximate surface area is 109 Å². The minimum absolute atomic E-state index is 0.172. The second-order valence-electron chi connectivity index (χ2n) is 3.89. The van der Waals surface area contributed by atoms with Gasteiger partial charge in [0.1, 0.15) is 6.61 Å². The molecule has 0 fully saturated rings. The van der Waals surface area contributed by atoms with Crippen LogP contribution in [0.25, 0.3) is 0 Å². The van der Waals surface area contributed by atoms with Gasteiger partial charge in [-0.2, -0.15) is 0 Å². The average Bonchev–Trinajstić information content (AvgIpc) is 2.41. The molecule has 0 aliphatic heterocycles. The second kappa shape index (κ2) is 5.85. The summed E-state index contributed by atoms with van der Waals surface area (Å²) in [5.41, 5.74) is 0.878. The van der Waals surface area contributed by atoms with Gasteiger partial charge in [-0.1, -0.05) is 24.0 Å². The van der Waals surface area contributed by atoms with Crippen molar-refractivity contribution in [2.45, 2.75) is 6.54 Å². The molecule has 2 aromatic rings. The summed E-state index contributed by atoms with van der Waals surface area (Å²) in [6.07, 6.45) is 1.46. The summed E-state index contributed by atoms with van der Waals surface area (Å²) in [6.45, 7) is 0.206. The third kappa shape index (κ3) is 3.44. The molecule has 0 bridgehead atoms. The van der Waals surface area contributed by atoms with Crippen LogP contribution >= 0.6 is 0 Å². The highest BCUT2D eigenvalue weighted by atomic mass is 16.2. The Balaban J connectivity index is 2.20. The molecule has 0 atom stereocenters. The minimum atomic E-state index is -0.434. The topological polar surface area (TPSA) is 75.1 Å². The standard InChI is InChI=1S/C14H12N2O3/c17-9-1-2-11-3-5-12(6-4-11)10-16-8-7-13(18)15-14(16)19/h3-8,17H,9-10H2,(H,15,18,19). The molecule has 96 valence electrons. The van der Waals surface area contributed by atoms with Crippen LogP contribution in [0.15, 0.2) is 46.1 Å². The summed E-state index contributed by atoms with van der Waals surface area (Å²) in [7, 11) is 0. The zero-order valence-electron chi connectivity index (χ0n) is 10.1. The highest BCUT2D eigenvalue weighted by Gasteiger charge is 1.98. The molecule has 0 radical (unpaired) electrons. The van der Waals surface area contributed by atoms with Gasteiger partial charge < -0.3 is 5.11 Å². The molecule has 0 unspecified atom stereocenters. The first-order valence-corrected chi connectivity index (χ1v) is 5.67. The molecule has 0 aliphatic carbocycles. The first-order chi connectivity index (χ1) is 9.19. The van der Waals surface area contributed by atoms with Crippen molar-refractivity contribution in [1.82, 2.24) is 9.55 Å². The van der Waals surface area contributed by atoms with Crippen molar-refractivity contribution >= 4 is 0 Å². The Bertz CT molecular complexity index is 730. The van der Waals surface area contributed by atoms with Crippen molar-refractivity contribution in [2.75, 3.05) is 6.61 Å². The van der Waals surface area contributed by atoms with Gasteiger partial charge in [0.25, 0.3) is 5.56 Å². The van der Waals surface area contributed by atoms with Crippen LogP contribution in [0, 0.1) is 11.8 Å². The van der Waals surface area contributed by atoms with Gasteiger partial charge in [-0.25, -0.2) is 4.79 Å². The molecule has 1 aromatic heterocycles. The smallest absolute Gasteiger partial charge is 0.328 e. The maximum atomic E-state index is 11.5. The quantitative estimate of drug-likeness (QED) is 0.738. The van der Waals surface area contributed by atoms with Crippen LogP contribution in [0.2, 0.25) is 0 Å². The Morgan fingerprint density at radius 3 is 2.53 bits per heavy atom. The number of nitrogens with one attached hydrogen (secondary N) is 1. The first kappa shape index (κ1) is 12.9. The number of H-pyrrole nitrogens is 1. The van der Waals surface area contributed by atoms with E-state index >= 15 is 0 Å². The molecule has 2 rings (SSSR count). The second-order valence-corrected chi connectivity index (χ2v) is 3.89. The summed E-state index contributed by atoms with van der Waals surface area (Å²) >= 11 is 0. The van der Waals surface area contributed by atoms with Gasteiger partial charge in [0, 0.05) is 17.8 Å². The molecule has 5 heteroatoms. The molecule has 1 heterocycles. The van der Waals surface area contributed by atoms with Crippen LogP contribution in [0.3, 0.4) is 0 Å². The molecule has 0 aliphatic rings. The number of aliphatic hydroxyl groups is 1. The lowest BCUT2D eigenvalue weighted by Gasteiger charge is -2.04. The third-order valence-corrected chi connectivity index (χ3v) is 2.52. The fourth-order valence-electron chi connectivity index (χ4n) is 1.60. The lowest BCUT2D eigenvalue weighted by Crippen LogP contribution is -2.28. The van der Waals surface area contributed by atoms with Gasteiger partial charge in [-0.05, 0) is 17.7 Å². The molecular formula is C14H12N2O3. The number of hydrogen-bond acceptors (Lipinski definition) is 3. The molecule has 5 nitrogen and oxygen atoms in total. The molecular weight excluding hydrogens is 244 g/mol. The molecule has 0 saturated carbocycles. The Hall–Kier alpha value is -2.58. The summed E-state index contributed by atoms with van der Waals surface area (Å²) < 4.78 is 1.41. The van der Waals surface area contributed by atoms with E-state index in [9.17, 15) is 9.59 Å². The summed E-state index contributed by atoms with van der Waals surface area (Å²) in [5, 5.41) is 8.59. The SMILES string of the molecule is O=c1ccn(Cc2ccc(C#CCO)cc2)c(=O)[nH]1. The van der Waals surface area contributed by atoms with E-state index in [4.69, 9.17) is 5.11 Å². The predicted molar refractivity (Wildman–Crippen MR) is 70.8 cm³/mol. The highest BCUT2D eigenvalue weighted by molar-refractivity contribution is 5.36. The number of aromatic nitrogens is 2. The lowest BCUT2D eigenvalue weighted by atomic mass is 10.1. The van der Waals surface area contributed by atoms with Gasteiger partial charge in [0.2, 0.25) is 0 Å². The van der Waals surface area contributed by atoms with Crippen LogP contribution in [0.4, 0.5) is 0 Å². The van der Waals surface area contributed by atoms with E-state index in [1.165, 1.54) is 16.8 Å². The molecule has 0 spiro atoms. The molecule has 1 aromatic carbocycles. The van der Waals surface area contributed by atoms with Crippen molar-refractivity contribution in [2.24, 2.45) is 0 Å². The third-order valence-electron chi connectivity index (χ3n) is 2.52. The van der Waals surface area contributed by atoms with E-state index in [1.807, 2.05) is 24.3 Å². The van der Waals surface area contributed by atoms with Crippen molar-refractivity contribution in [1.29, 1.82) is 0 Å². The van der Waals surface area contributed by atoms with Crippen molar-refractivity contribution in [3.63, 3.8) is 0 Å². The van der Waals surface area contributed by atoms with Crippen LogP contribution < -0.4 is 11.2 Å². The Morgan fingerprint density at radius 1 is 1.16 bits per heavy atom. The van der Waals surface area contributed by atoms with Crippen molar-refractivity contribution in [3.8, 4) is 11.8 Å². The first-order valence-electron chi connectivity index (χ1n) is 5.67. The number of hydrogen-bond donors (Lipinski definition) is 2. The molecule has 0 saturated heterocycles. The van der Waals surface area contributed by atoms with E-state index < -0.39 is 11.2 Å². The van der Waals surface area contributed by atoms with Crippen molar-refractivity contribution in [3.05, 3.63) is 68.5 Å². The Kier molecular flexibility index (Phi) is 3.96. The number of aliphatic hydroxyl groups excluding tert-OH is 1. The number of rotatable bonds is 2. The van der Waals surface area contributed by atoms with E-state index in [0.717, 1.165) is 11.1 Å². The fraction of sp³-hybridized carbons (Fsp3) is 0.143. The predicted octanol–water partition coefficient (Wildman–Crippen LogP) is -0.0713. The van der Waals surface area contributed by atoms with E-state index in [2.05, 4.69) is 16.8 Å². The largest absolute Gasteiger partial charge is 0.384 e. The van der Waals surface area contributed by atoms with Crippen LogP contribution in [-0.2, 0) is 6.54 Å². The number of aromatic amines is 1. The molecule has 2 N–H and O–H groups in total. The van der Waals surface area contributed by atoms with Crippen molar-refractivity contribution < 1.29 is 5.11 Å². The zero-order valence-corrected chi connectivity index (χ0v) is 10.1. The summed E-state index contributed by atoms with van der Waals surface area (Å²) in [4.78, 5) is 24.6. The Morgan fingerprint density at radius 2 is 1.89 bits per heavy atom. The normalized spacial score (nSPS) is 9.74. The average molecular weight is 256 g/mol. The van der Waals surface area contributed by atoms with Gasteiger partial charge >= 0.3 is 5.69 Å². The number of nitrogens with zero attached hydrogens (tertiary/aromatic N) is 1. The summed E-state index contributed by atoms with van der Waals surface area (Å²) in [6, 6.07) is 8.63. The van der Waals surface area contributed by atoms with Gasteiger partial charge in [0.15, 0.2) is 0 Å². The summed E-state index contributed by atoms with van der Waals surface area (Å²) in [5.74, 6) is 5.35. The maximum absolute atomic E-state index is 11.5. The van der Waals surface area contributed by atoms with Gasteiger partial charge in [0.05, 0.1) is 6.54 Å². The van der Waals surface area contributed by atoms with E-state index in [1.54, 1.807) is 0 Å². The number of benzene rings is 1. The highest BCUT2D eigenvalue weighted by Crippen LogP contribution is 2.04. The molecule has 0 amide bonds. The maximum Gasteiger partial charge on any atom is 0.328 e. The van der Waals surface area contributed by atoms with Gasteiger partial charge in [-0.3, -0.25) is 14.3 Å². The van der Waals surface area contributed by atoms with Crippen LogP contribution in [0.1, 0.15) is 11.1 Å². The van der Waals surface area contributed by atoms with E-state index in [0.29, 0.717) is 6.54 Å². The lowest BCUT2D eigenvalue weighted by molar-refractivity contribution is 0.350. The van der Waals surface area contributed by atoms with E-state index in [-0.39, 0.29) is 6.61 Å².